The first kappa shape index (κ1) is 29.7. The van der Waals surface area contributed by atoms with Crippen LogP contribution in [0.2, 0.25) is 0 Å². The van der Waals surface area contributed by atoms with Crippen LogP contribution in [-0.4, -0.2) is 81.9 Å². The zero-order valence-electron chi connectivity index (χ0n) is 22.6. The normalized spacial score (nSPS) is 25.3. The predicted molar refractivity (Wildman–Crippen MR) is 148 cm³/mol. The summed E-state index contributed by atoms with van der Waals surface area (Å²) in [4.78, 5) is 50.3. The van der Waals surface area contributed by atoms with Gasteiger partial charge in [-0.05, 0) is 50.6 Å². The number of hydrogen-bond acceptors (Lipinski definition) is 12. The van der Waals surface area contributed by atoms with Crippen LogP contribution in [0.1, 0.15) is 17.5 Å². The van der Waals surface area contributed by atoms with Crippen LogP contribution in [0.4, 0.5) is 11.4 Å². The number of nitrogens with one attached hydrogen (secondary N) is 1. The molecule has 226 valence electrons. The standard InChI is InChI=1S/C27H26N4O11S/c1-30(2)20-15-9-12-8-11-6-7-16(29-43(41,42)14-5-3-4-13(10-14)31(39)40)21(32)17(11)22(33)18(12)24(35)27(15,38)25(36)19(23(20)34)26(28)37/h3-7,10,12,15,20,29,32-33,36,38H,8-9H2,1-2H3,(H2,28,37). The van der Waals surface area contributed by atoms with Gasteiger partial charge in [0, 0.05) is 23.6 Å². The van der Waals surface area contributed by atoms with E-state index in [1.165, 1.54) is 31.1 Å². The first-order valence-electron chi connectivity index (χ1n) is 12.8. The fourth-order valence-electron chi connectivity index (χ4n) is 6.27. The largest absolute Gasteiger partial charge is 0.508 e. The number of likely N-dealkylation sites (N-methyl/N-ethyl adjacent to an activating group) is 1. The Balaban J connectivity index is 1.61. The second-order valence-electron chi connectivity index (χ2n) is 10.8. The van der Waals surface area contributed by atoms with Gasteiger partial charge in [-0.2, -0.15) is 0 Å². The third-order valence-corrected chi connectivity index (χ3v) is 9.54. The number of carbonyl (C=O) groups is 3. The number of anilines is 1. The van der Waals surface area contributed by atoms with E-state index in [-0.39, 0.29) is 18.4 Å². The third kappa shape index (κ3) is 4.33. The number of sulfonamides is 1. The maximum absolute atomic E-state index is 13.9. The van der Waals surface area contributed by atoms with E-state index in [4.69, 9.17) is 5.73 Å². The maximum Gasteiger partial charge on any atom is 0.270 e. The Kier molecular flexibility index (Phi) is 6.83. The average molecular weight is 615 g/mol. The van der Waals surface area contributed by atoms with Crippen molar-refractivity contribution in [3.63, 3.8) is 0 Å². The first-order valence-corrected chi connectivity index (χ1v) is 14.3. The average Bonchev–Trinajstić information content (AvgIpc) is 2.92. The lowest BCUT2D eigenvalue weighted by Gasteiger charge is -2.50. The second-order valence-corrected chi connectivity index (χ2v) is 12.5. The van der Waals surface area contributed by atoms with Crippen molar-refractivity contribution in [3.8, 4) is 5.75 Å². The molecule has 0 aromatic heterocycles. The van der Waals surface area contributed by atoms with E-state index in [2.05, 4.69) is 4.72 Å². The zero-order valence-corrected chi connectivity index (χ0v) is 23.5. The highest BCUT2D eigenvalue weighted by atomic mass is 32.2. The number of primary amides is 1. The van der Waals surface area contributed by atoms with Gasteiger partial charge in [-0.3, -0.25) is 34.1 Å². The molecule has 0 saturated heterocycles. The molecule has 7 N–H and O–H groups in total. The van der Waals surface area contributed by atoms with E-state index in [1.807, 2.05) is 0 Å². The lowest BCUT2D eigenvalue weighted by Crippen LogP contribution is -2.65. The van der Waals surface area contributed by atoms with Gasteiger partial charge in [-0.15, -0.1) is 0 Å². The maximum atomic E-state index is 13.9. The van der Waals surface area contributed by atoms with Gasteiger partial charge < -0.3 is 26.2 Å². The number of ketones is 2. The van der Waals surface area contributed by atoms with Crippen LogP contribution in [0.5, 0.6) is 5.75 Å². The molecule has 0 spiro atoms. The number of nitro benzene ring substituents is 1. The van der Waals surface area contributed by atoms with Gasteiger partial charge in [0.2, 0.25) is 5.78 Å². The number of aromatic hydroxyl groups is 1. The van der Waals surface area contributed by atoms with E-state index in [1.54, 1.807) is 0 Å². The summed E-state index contributed by atoms with van der Waals surface area (Å²) in [6.07, 6.45) is -0.0896. The van der Waals surface area contributed by atoms with Crippen LogP contribution in [0.3, 0.4) is 0 Å². The number of nitrogens with two attached hydrogens (primary N) is 1. The van der Waals surface area contributed by atoms with E-state index < -0.39 is 101 Å². The van der Waals surface area contributed by atoms with E-state index >= 15 is 0 Å². The molecule has 0 bridgehead atoms. The number of non-ortho nitro benzene ring substituents is 1. The highest BCUT2D eigenvalue weighted by Gasteiger charge is 2.64. The summed E-state index contributed by atoms with van der Waals surface area (Å²) in [5.41, 5.74) is 0.214. The monoisotopic (exact) mass is 614 g/mol. The predicted octanol–water partition coefficient (Wildman–Crippen LogP) is 0.673. The molecule has 43 heavy (non-hydrogen) atoms. The molecule has 4 unspecified atom stereocenters. The number of phenols is 1. The number of phenolic OH excluding ortho intramolecular Hbond substituents is 1. The molecular formula is C27H26N4O11S. The number of aliphatic hydroxyl groups excluding tert-OH is 2. The number of benzene rings is 2. The number of nitrogens with zero attached hydrogens (tertiary/aromatic N) is 2. The molecule has 0 heterocycles. The molecule has 2 aromatic rings. The summed E-state index contributed by atoms with van der Waals surface area (Å²) in [5.74, 6) is -8.29. The fourth-order valence-corrected chi connectivity index (χ4v) is 7.37. The Morgan fingerprint density at radius 1 is 1.16 bits per heavy atom. The van der Waals surface area contributed by atoms with Crippen LogP contribution < -0.4 is 10.5 Å². The molecule has 5 rings (SSSR count). The number of Topliss-reactive ketones (excluding diaryl/α,β-unsaturated/α-hetero) is 2. The third-order valence-electron chi connectivity index (χ3n) is 8.18. The molecule has 3 aliphatic rings. The molecule has 4 atom stereocenters. The number of nitro groups is 1. The first-order chi connectivity index (χ1) is 20.0. The Labute approximate surface area is 243 Å². The SMILES string of the molecule is CN(C)C1C(=O)C(C(N)=O)=C(O)C2(O)C(=O)C3=C(O)c4c(ccc(NS(=O)(=O)c5cccc([N+](=O)[O-])c5)c4O)CC3CC12. The number of rotatable bonds is 6. The van der Waals surface area contributed by atoms with Gasteiger partial charge in [0.15, 0.2) is 17.1 Å². The second kappa shape index (κ2) is 9.89. The fraction of sp³-hybridized carbons (Fsp3) is 0.296. The molecule has 1 fully saturated rings. The van der Waals surface area contributed by atoms with Gasteiger partial charge in [0.25, 0.3) is 21.6 Å². The van der Waals surface area contributed by atoms with Crippen LogP contribution in [-0.2, 0) is 30.8 Å². The number of fused-ring (bicyclic) bond motifs is 3. The molecule has 15 nitrogen and oxygen atoms in total. The summed E-state index contributed by atoms with van der Waals surface area (Å²) >= 11 is 0. The Morgan fingerprint density at radius 2 is 1.84 bits per heavy atom. The molecule has 16 heteroatoms. The van der Waals surface area contributed by atoms with Crippen molar-refractivity contribution in [3.05, 3.63) is 74.5 Å². The van der Waals surface area contributed by atoms with Crippen molar-refractivity contribution in [2.45, 2.75) is 29.4 Å². The van der Waals surface area contributed by atoms with Crippen LogP contribution >= 0.6 is 0 Å². The number of amides is 1. The summed E-state index contributed by atoms with van der Waals surface area (Å²) < 4.78 is 28.1. The Bertz CT molecular complexity index is 1810. The lowest BCUT2D eigenvalue weighted by atomic mass is 9.57. The summed E-state index contributed by atoms with van der Waals surface area (Å²) in [6, 6.07) is 5.56. The molecule has 1 amide bonds. The highest BCUT2D eigenvalue weighted by Crippen LogP contribution is 2.53. The van der Waals surface area contributed by atoms with Crippen LogP contribution in [0, 0.1) is 22.0 Å². The van der Waals surface area contributed by atoms with Crippen molar-refractivity contribution >= 4 is 44.6 Å². The van der Waals surface area contributed by atoms with Crippen molar-refractivity contribution in [1.29, 1.82) is 0 Å². The molecule has 0 radical (unpaired) electrons. The summed E-state index contributed by atoms with van der Waals surface area (Å²) in [5, 5.41) is 56.0. The summed E-state index contributed by atoms with van der Waals surface area (Å²) in [7, 11) is -1.50. The van der Waals surface area contributed by atoms with E-state index in [0.29, 0.717) is 5.56 Å². The van der Waals surface area contributed by atoms with Crippen molar-refractivity contribution in [1.82, 2.24) is 4.90 Å². The highest BCUT2D eigenvalue weighted by molar-refractivity contribution is 7.92. The molecular weight excluding hydrogens is 588 g/mol. The van der Waals surface area contributed by atoms with Crippen LogP contribution in [0.25, 0.3) is 5.76 Å². The van der Waals surface area contributed by atoms with Crippen molar-refractivity contribution in [2.75, 3.05) is 18.8 Å². The molecule has 0 aliphatic heterocycles. The minimum Gasteiger partial charge on any atom is -0.508 e. The van der Waals surface area contributed by atoms with E-state index in [9.17, 15) is 53.3 Å². The van der Waals surface area contributed by atoms with Gasteiger partial charge in [-0.1, -0.05) is 12.1 Å². The van der Waals surface area contributed by atoms with Gasteiger partial charge in [0.1, 0.15) is 17.1 Å². The lowest BCUT2D eigenvalue weighted by molar-refractivity contribution is -0.385. The summed E-state index contributed by atoms with van der Waals surface area (Å²) in [6.45, 7) is 0. The molecule has 1 saturated carbocycles. The quantitative estimate of drug-likeness (QED) is 0.114. The van der Waals surface area contributed by atoms with Crippen molar-refractivity contribution in [2.24, 2.45) is 17.6 Å². The topological polar surface area (TPSA) is 251 Å². The molecule has 3 aliphatic carbocycles. The number of aliphatic hydroxyl groups is 3. The van der Waals surface area contributed by atoms with E-state index in [0.717, 1.165) is 24.3 Å². The van der Waals surface area contributed by atoms with Crippen LogP contribution in [0.15, 0.2) is 58.2 Å². The number of carbonyl (C=O) groups excluding carboxylic acids is 3. The Morgan fingerprint density at radius 3 is 2.44 bits per heavy atom. The van der Waals surface area contributed by atoms with Gasteiger partial charge in [0.05, 0.1) is 27.1 Å². The van der Waals surface area contributed by atoms with Gasteiger partial charge >= 0.3 is 0 Å². The number of hydrogen-bond donors (Lipinski definition) is 6. The molecule has 2 aromatic carbocycles. The minimum atomic E-state index is -4.48. The minimum absolute atomic E-state index is 0.0139. The smallest absolute Gasteiger partial charge is 0.270 e. The zero-order chi connectivity index (χ0) is 31.8. The van der Waals surface area contributed by atoms with Crippen molar-refractivity contribution < 1.29 is 48.2 Å². The van der Waals surface area contributed by atoms with Gasteiger partial charge in [-0.25, -0.2) is 8.42 Å². The Hall–Kier alpha value is -4.80.